The molecule has 0 N–H and O–H groups in total. The highest BCUT2D eigenvalue weighted by atomic mass is 32.2. The number of aryl methyl sites for hydroxylation is 2. The Morgan fingerprint density at radius 3 is 2.33 bits per heavy atom. The third-order valence-corrected chi connectivity index (χ3v) is 6.26. The van der Waals surface area contributed by atoms with Crippen LogP contribution in [0.4, 0.5) is 0 Å². The van der Waals surface area contributed by atoms with E-state index in [0.717, 1.165) is 0 Å². The molecular formula is C23H20N6O3S. The topological polar surface area (TPSA) is 116 Å². The Labute approximate surface area is 191 Å². The van der Waals surface area contributed by atoms with Crippen LogP contribution in [0.25, 0.3) is 22.8 Å². The van der Waals surface area contributed by atoms with Gasteiger partial charge in [0.05, 0.1) is 11.4 Å². The molecule has 0 saturated carbocycles. The molecule has 1 aromatic carbocycles. The zero-order valence-corrected chi connectivity index (χ0v) is 19.0. The lowest BCUT2D eigenvalue weighted by molar-refractivity contribution is 0.458. The van der Waals surface area contributed by atoms with E-state index < -0.39 is 10.1 Å². The second-order valence-electron chi connectivity index (χ2n) is 7.18. The van der Waals surface area contributed by atoms with Crippen LogP contribution >= 0.6 is 0 Å². The minimum absolute atomic E-state index is 0.0361. The minimum Gasteiger partial charge on any atom is -0.373 e. The molecular weight excluding hydrogens is 440 g/mol. The molecule has 0 radical (unpaired) electrons. The molecule has 3 heterocycles. The third-order valence-electron chi connectivity index (χ3n) is 5.03. The molecule has 9 nitrogen and oxygen atoms in total. The van der Waals surface area contributed by atoms with E-state index in [-0.39, 0.29) is 16.4 Å². The summed E-state index contributed by atoms with van der Waals surface area (Å²) >= 11 is 0. The maximum atomic E-state index is 13.1. The van der Waals surface area contributed by atoms with Gasteiger partial charge in [0.25, 0.3) is 0 Å². The van der Waals surface area contributed by atoms with Gasteiger partial charge in [0, 0.05) is 25.0 Å². The Bertz CT molecular complexity index is 1480. The van der Waals surface area contributed by atoms with Crippen LogP contribution in [0.1, 0.15) is 17.0 Å². The van der Waals surface area contributed by atoms with E-state index in [9.17, 15) is 13.7 Å². The summed E-state index contributed by atoms with van der Waals surface area (Å²) in [6.07, 6.45) is 3.19. The van der Waals surface area contributed by atoms with Crippen molar-refractivity contribution in [2.45, 2.75) is 18.7 Å². The third kappa shape index (κ3) is 4.26. The average Bonchev–Trinajstić information content (AvgIpc) is 3.39. The molecule has 0 unspecified atom stereocenters. The smallest absolute Gasteiger partial charge is 0.339 e. The maximum Gasteiger partial charge on any atom is 0.339 e. The Morgan fingerprint density at radius 2 is 1.73 bits per heavy atom. The number of aromatic nitrogens is 5. The number of nitrogens with zero attached hydrogens (tertiary/aromatic N) is 6. The van der Waals surface area contributed by atoms with E-state index >= 15 is 0 Å². The molecule has 0 aliphatic rings. The molecule has 33 heavy (non-hydrogen) atoms. The zero-order chi connectivity index (χ0) is 23.6. The van der Waals surface area contributed by atoms with Gasteiger partial charge in [0.15, 0.2) is 5.70 Å². The largest absolute Gasteiger partial charge is 0.373 e. The summed E-state index contributed by atoms with van der Waals surface area (Å²) in [6.45, 7) is 3.58. The lowest BCUT2D eigenvalue weighted by Gasteiger charge is -2.14. The number of allylic oxidation sites excluding steroid dienone is 1. The molecule has 0 bridgehead atoms. The number of benzene rings is 1. The van der Waals surface area contributed by atoms with Crippen molar-refractivity contribution in [3.05, 3.63) is 83.9 Å². The van der Waals surface area contributed by atoms with Crippen molar-refractivity contribution < 1.29 is 12.6 Å². The highest BCUT2D eigenvalue weighted by molar-refractivity contribution is 7.87. The molecule has 0 amide bonds. The van der Waals surface area contributed by atoms with Gasteiger partial charge in [-0.3, -0.25) is 9.67 Å². The van der Waals surface area contributed by atoms with Gasteiger partial charge in [-0.2, -0.15) is 23.9 Å². The number of hydrogen-bond donors (Lipinski definition) is 0. The van der Waals surface area contributed by atoms with Crippen LogP contribution in [0.2, 0.25) is 0 Å². The van der Waals surface area contributed by atoms with E-state index in [1.807, 2.05) is 12.1 Å². The number of nitriles is 1. The summed E-state index contributed by atoms with van der Waals surface area (Å²) in [7, 11) is -2.59. The van der Waals surface area contributed by atoms with E-state index in [1.54, 1.807) is 69.7 Å². The molecule has 0 atom stereocenters. The quantitative estimate of drug-likeness (QED) is 0.245. The summed E-state index contributed by atoms with van der Waals surface area (Å²) in [4.78, 5) is 4.23. The minimum atomic E-state index is -4.24. The summed E-state index contributed by atoms with van der Waals surface area (Å²) in [5.41, 5.74) is 2.74. The Balaban J connectivity index is 1.91. The highest BCUT2D eigenvalue weighted by Crippen LogP contribution is 2.31. The summed E-state index contributed by atoms with van der Waals surface area (Å²) < 4.78 is 34.5. The monoisotopic (exact) mass is 460 g/mol. The van der Waals surface area contributed by atoms with Gasteiger partial charge in [-0.25, -0.2) is 4.68 Å². The fraction of sp³-hybridized carbons (Fsp3) is 0.130. The molecule has 3 aromatic heterocycles. The average molecular weight is 461 g/mol. The first kappa shape index (κ1) is 22.0. The van der Waals surface area contributed by atoms with Crippen molar-refractivity contribution in [2.24, 2.45) is 7.05 Å². The van der Waals surface area contributed by atoms with E-state index in [2.05, 4.69) is 15.2 Å². The lowest BCUT2D eigenvalue weighted by Crippen LogP contribution is -2.13. The Kier molecular flexibility index (Phi) is 5.81. The molecule has 4 aromatic rings. The van der Waals surface area contributed by atoms with E-state index in [4.69, 9.17) is 4.18 Å². The first-order valence-electron chi connectivity index (χ1n) is 9.93. The second-order valence-corrected chi connectivity index (χ2v) is 8.73. The normalized spacial score (nSPS) is 12.2. The maximum absolute atomic E-state index is 13.1. The molecule has 0 fully saturated rings. The number of pyridine rings is 1. The van der Waals surface area contributed by atoms with Crippen LogP contribution in [0.15, 0.2) is 71.9 Å². The number of rotatable bonds is 6. The molecule has 10 heteroatoms. The molecule has 166 valence electrons. The van der Waals surface area contributed by atoms with Crippen LogP contribution in [0.3, 0.4) is 0 Å². The van der Waals surface area contributed by atoms with Gasteiger partial charge in [-0.15, -0.1) is 0 Å². The van der Waals surface area contributed by atoms with Gasteiger partial charge in [-0.1, -0.05) is 24.3 Å². The predicted molar refractivity (Wildman–Crippen MR) is 122 cm³/mol. The van der Waals surface area contributed by atoms with Crippen molar-refractivity contribution in [3.63, 3.8) is 0 Å². The van der Waals surface area contributed by atoms with Crippen molar-refractivity contribution in [1.29, 1.82) is 5.26 Å². The summed E-state index contributed by atoms with van der Waals surface area (Å²) in [5, 5.41) is 18.9. The first-order chi connectivity index (χ1) is 15.8. The van der Waals surface area contributed by atoms with E-state index in [0.29, 0.717) is 28.3 Å². The fourth-order valence-electron chi connectivity index (χ4n) is 3.32. The number of hydrogen-bond acceptors (Lipinski definition) is 7. The first-order valence-corrected chi connectivity index (χ1v) is 11.3. The molecule has 0 saturated heterocycles. The predicted octanol–water partition coefficient (Wildman–Crippen LogP) is 3.55. The molecule has 4 rings (SSSR count). The van der Waals surface area contributed by atoms with Crippen molar-refractivity contribution >= 4 is 21.6 Å². The summed E-state index contributed by atoms with van der Waals surface area (Å²) in [5.74, 6) is -0.169. The van der Waals surface area contributed by atoms with Crippen molar-refractivity contribution in [1.82, 2.24) is 24.5 Å². The molecule has 0 aliphatic heterocycles. The molecule has 0 spiro atoms. The van der Waals surface area contributed by atoms with Crippen LogP contribution in [-0.2, 0) is 21.3 Å². The molecule has 0 aliphatic carbocycles. The fourth-order valence-corrected chi connectivity index (χ4v) is 4.29. The van der Waals surface area contributed by atoms with Crippen LogP contribution < -0.4 is 0 Å². The van der Waals surface area contributed by atoms with Crippen LogP contribution in [0.5, 0.6) is 0 Å². The van der Waals surface area contributed by atoms with Crippen LogP contribution in [0, 0.1) is 25.2 Å². The van der Waals surface area contributed by atoms with Gasteiger partial charge >= 0.3 is 10.1 Å². The van der Waals surface area contributed by atoms with Gasteiger partial charge in [0.2, 0.25) is 5.76 Å². The van der Waals surface area contributed by atoms with Crippen LogP contribution in [-0.4, -0.2) is 33.0 Å². The SMILES string of the molecule is Cc1nn(C)c(C(OS(=O)(=O)c2ccccc2)=C(C#N)n2ccc(-c3ccccn3)n2)c1C. The van der Waals surface area contributed by atoms with E-state index in [1.165, 1.54) is 21.5 Å². The van der Waals surface area contributed by atoms with Crippen molar-refractivity contribution in [3.8, 4) is 17.5 Å². The lowest BCUT2D eigenvalue weighted by atomic mass is 10.1. The van der Waals surface area contributed by atoms with Gasteiger partial charge in [0.1, 0.15) is 22.4 Å². The van der Waals surface area contributed by atoms with Gasteiger partial charge < -0.3 is 4.18 Å². The summed E-state index contributed by atoms with van der Waals surface area (Å²) in [6, 6.07) is 16.9. The van der Waals surface area contributed by atoms with Crippen molar-refractivity contribution in [2.75, 3.05) is 0 Å². The zero-order valence-electron chi connectivity index (χ0n) is 18.2. The van der Waals surface area contributed by atoms with Gasteiger partial charge in [-0.05, 0) is 44.2 Å². The highest BCUT2D eigenvalue weighted by Gasteiger charge is 2.28. The Hall–Kier alpha value is -4.23. The Morgan fingerprint density at radius 1 is 1.00 bits per heavy atom. The second kappa shape index (κ2) is 8.72. The standard InChI is InChI=1S/C23H20N6O3S/c1-16-17(2)26-28(3)22(16)23(32-33(30,31)18-9-5-4-6-10-18)21(15-24)29-14-12-20(27-29)19-11-7-8-13-25-19/h4-14H,1-3H3.